The van der Waals surface area contributed by atoms with E-state index < -0.39 is 5.97 Å². The summed E-state index contributed by atoms with van der Waals surface area (Å²) in [4.78, 5) is 11.1. The second-order valence-electron chi connectivity index (χ2n) is 4.51. The maximum atomic E-state index is 11.1. The third-order valence-electron chi connectivity index (χ3n) is 3.16. The molecule has 0 radical (unpaired) electrons. The Kier molecular flexibility index (Phi) is 3.40. The molecule has 0 bridgehead atoms. The molecule has 92 valence electrons. The molecule has 0 aliphatic heterocycles. The molecule has 4 nitrogen and oxygen atoms in total. The Hall–Kier alpha value is -1.07. The fraction of sp³-hybridized carbons (Fsp3) is 0.417. The molecule has 1 aliphatic carbocycles. The lowest BCUT2D eigenvalue weighted by atomic mass is 10.1. The van der Waals surface area contributed by atoms with Crippen LogP contribution in [0.4, 0.5) is 5.69 Å². The zero-order chi connectivity index (χ0) is 12.5. The van der Waals surface area contributed by atoms with E-state index in [1.165, 1.54) is 0 Å². The van der Waals surface area contributed by atoms with Crippen molar-refractivity contribution < 1.29 is 15.0 Å². The van der Waals surface area contributed by atoms with Crippen molar-refractivity contribution in [3.8, 4) is 0 Å². The largest absolute Gasteiger partial charge is 0.478 e. The van der Waals surface area contributed by atoms with Gasteiger partial charge < -0.3 is 15.5 Å². The average Bonchev–Trinajstić information content (AvgIpc) is 3.08. The summed E-state index contributed by atoms with van der Waals surface area (Å²) >= 11 is 3.25. The molecule has 3 N–H and O–H groups in total. The van der Waals surface area contributed by atoms with Crippen molar-refractivity contribution in [2.45, 2.75) is 12.8 Å². The minimum Gasteiger partial charge on any atom is -0.478 e. The van der Waals surface area contributed by atoms with Crippen LogP contribution in [0.15, 0.2) is 22.7 Å². The zero-order valence-electron chi connectivity index (χ0n) is 9.24. The Morgan fingerprint density at radius 2 is 2.18 bits per heavy atom. The summed E-state index contributed by atoms with van der Waals surface area (Å²) < 4.78 is 0.740. The molecule has 0 saturated heterocycles. The topological polar surface area (TPSA) is 69.6 Å². The van der Waals surface area contributed by atoms with E-state index in [9.17, 15) is 9.90 Å². The molecule has 0 atom stereocenters. The molecule has 17 heavy (non-hydrogen) atoms. The lowest BCUT2D eigenvalue weighted by Crippen LogP contribution is -2.20. The maximum absolute atomic E-state index is 11.1. The summed E-state index contributed by atoms with van der Waals surface area (Å²) in [6, 6.07) is 5.11. The fourth-order valence-corrected chi connectivity index (χ4v) is 2.06. The first-order valence-electron chi connectivity index (χ1n) is 5.44. The number of rotatable bonds is 5. The van der Waals surface area contributed by atoms with Gasteiger partial charge in [0.05, 0.1) is 12.2 Å². The Balaban J connectivity index is 2.12. The number of hydrogen-bond acceptors (Lipinski definition) is 3. The number of aromatic carboxylic acids is 1. The van der Waals surface area contributed by atoms with Crippen LogP contribution in [0.25, 0.3) is 0 Å². The van der Waals surface area contributed by atoms with Gasteiger partial charge in [-0.25, -0.2) is 4.79 Å². The zero-order valence-corrected chi connectivity index (χ0v) is 10.8. The van der Waals surface area contributed by atoms with Gasteiger partial charge >= 0.3 is 5.97 Å². The smallest absolute Gasteiger partial charge is 0.337 e. The quantitative estimate of drug-likeness (QED) is 0.780. The Morgan fingerprint density at radius 3 is 2.71 bits per heavy atom. The highest BCUT2D eigenvalue weighted by molar-refractivity contribution is 9.10. The van der Waals surface area contributed by atoms with E-state index in [0.717, 1.165) is 17.3 Å². The summed E-state index contributed by atoms with van der Waals surface area (Å²) in [5.74, 6) is -0.956. The first-order chi connectivity index (χ1) is 8.06. The highest BCUT2D eigenvalue weighted by atomic mass is 79.9. The first kappa shape index (κ1) is 12.4. The third kappa shape index (κ3) is 2.79. The van der Waals surface area contributed by atoms with Gasteiger partial charge in [0.2, 0.25) is 0 Å². The minimum absolute atomic E-state index is 0.0388. The van der Waals surface area contributed by atoms with Crippen LogP contribution < -0.4 is 5.32 Å². The highest BCUT2D eigenvalue weighted by Gasteiger charge is 2.41. The number of aliphatic hydroxyl groups excluding tert-OH is 1. The number of carbonyl (C=O) groups is 1. The van der Waals surface area contributed by atoms with Crippen molar-refractivity contribution in [2.75, 3.05) is 18.5 Å². The van der Waals surface area contributed by atoms with Crippen LogP contribution in [0, 0.1) is 5.41 Å². The van der Waals surface area contributed by atoms with E-state index in [4.69, 9.17) is 5.11 Å². The second kappa shape index (κ2) is 4.66. The Bertz CT molecular complexity index is 443. The fourth-order valence-electron chi connectivity index (χ4n) is 1.70. The number of aliphatic hydroxyl groups is 1. The summed E-state index contributed by atoms with van der Waals surface area (Å²) in [5, 5.41) is 21.4. The van der Waals surface area contributed by atoms with Crippen molar-refractivity contribution >= 4 is 27.6 Å². The van der Waals surface area contributed by atoms with Gasteiger partial charge in [0.1, 0.15) is 0 Å². The van der Waals surface area contributed by atoms with Crippen LogP contribution >= 0.6 is 15.9 Å². The van der Waals surface area contributed by atoms with Crippen molar-refractivity contribution in [2.24, 2.45) is 5.41 Å². The molecule has 1 aromatic carbocycles. The molecule has 0 spiro atoms. The van der Waals surface area contributed by atoms with Crippen LogP contribution in [-0.4, -0.2) is 29.3 Å². The molecule has 0 amide bonds. The van der Waals surface area contributed by atoms with Crippen molar-refractivity contribution in [3.63, 3.8) is 0 Å². The van der Waals surface area contributed by atoms with Gasteiger partial charge in [0, 0.05) is 22.1 Å². The van der Waals surface area contributed by atoms with Crippen molar-refractivity contribution in [1.82, 2.24) is 0 Å². The van der Waals surface area contributed by atoms with Crippen LogP contribution in [0.2, 0.25) is 0 Å². The predicted molar refractivity (Wildman–Crippen MR) is 68.3 cm³/mol. The second-order valence-corrected chi connectivity index (χ2v) is 5.42. The van der Waals surface area contributed by atoms with E-state index in [-0.39, 0.29) is 17.6 Å². The summed E-state index contributed by atoms with van der Waals surface area (Å²) in [5.41, 5.74) is 0.802. The number of anilines is 1. The van der Waals surface area contributed by atoms with Gasteiger partial charge in [-0.3, -0.25) is 0 Å². The summed E-state index contributed by atoms with van der Waals surface area (Å²) in [6.07, 6.45) is 1.99. The van der Waals surface area contributed by atoms with Gasteiger partial charge in [-0.05, 0) is 31.0 Å². The number of nitrogens with one attached hydrogen (secondary N) is 1. The number of halogens is 1. The van der Waals surface area contributed by atoms with Gasteiger partial charge in [-0.1, -0.05) is 15.9 Å². The SMILES string of the molecule is O=C(O)c1cc(Br)ccc1NCC1(CO)CC1. The molecule has 0 heterocycles. The molecule has 0 aromatic heterocycles. The maximum Gasteiger partial charge on any atom is 0.337 e. The van der Waals surface area contributed by atoms with Gasteiger partial charge in [0.25, 0.3) is 0 Å². The standard InChI is InChI=1S/C12H14BrNO3/c13-8-1-2-10(9(5-8)11(16)17)14-6-12(7-15)3-4-12/h1-2,5,14-15H,3-4,6-7H2,(H,16,17). The molecular formula is C12H14BrNO3. The average molecular weight is 300 g/mol. The summed E-state index contributed by atoms with van der Waals surface area (Å²) in [6.45, 7) is 0.768. The predicted octanol–water partition coefficient (Wildman–Crippen LogP) is 2.33. The summed E-state index contributed by atoms with van der Waals surface area (Å²) in [7, 11) is 0. The van der Waals surface area contributed by atoms with Crippen LogP contribution in [0.5, 0.6) is 0 Å². The van der Waals surface area contributed by atoms with Crippen molar-refractivity contribution in [3.05, 3.63) is 28.2 Å². The van der Waals surface area contributed by atoms with Gasteiger partial charge in [-0.2, -0.15) is 0 Å². The van der Waals surface area contributed by atoms with E-state index in [0.29, 0.717) is 12.2 Å². The Morgan fingerprint density at radius 1 is 1.47 bits per heavy atom. The third-order valence-corrected chi connectivity index (χ3v) is 3.65. The normalized spacial score (nSPS) is 16.6. The molecule has 1 saturated carbocycles. The molecule has 1 aliphatic rings. The van der Waals surface area contributed by atoms with E-state index in [1.54, 1.807) is 18.2 Å². The highest BCUT2D eigenvalue weighted by Crippen LogP contribution is 2.45. The van der Waals surface area contributed by atoms with E-state index in [2.05, 4.69) is 21.2 Å². The first-order valence-corrected chi connectivity index (χ1v) is 6.23. The van der Waals surface area contributed by atoms with E-state index in [1.807, 2.05) is 0 Å². The molecular weight excluding hydrogens is 286 g/mol. The number of carboxylic acid groups (broad SMARTS) is 1. The molecule has 5 heteroatoms. The van der Waals surface area contributed by atoms with Crippen LogP contribution in [0.1, 0.15) is 23.2 Å². The van der Waals surface area contributed by atoms with E-state index >= 15 is 0 Å². The Labute approximate surface area is 108 Å². The molecule has 0 unspecified atom stereocenters. The lowest BCUT2D eigenvalue weighted by molar-refractivity contribution is 0.0698. The number of carboxylic acids is 1. The van der Waals surface area contributed by atoms with Crippen LogP contribution in [0.3, 0.4) is 0 Å². The molecule has 1 fully saturated rings. The van der Waals surface area contributed by atoms with Crippen molar-refractivity contribution in [1.29, 1.82) is 0 Å². The number of benzene rings is 1. The minimum atomic E-state index is -0.956. The molecule has 1 aromatic rings. The van der Waals surface area contributed by atoms with Crippen LogP contribution in [-0.2, 0) is 0 Å². The van der Waals surface area contributed by atoms with Gasteiger partial charge in [-0.15, -0.1) is 0 Å². The monoisotopic (exact) mass is 299 g/mol. The molecule has 2 rings (SSSR count). The lowest BCUT2D eigenvalue weighted by Gasteiger charge is -2.15. The number of hydrogen-bond donors (Lipinski definition) is 3. The van der Waals surface area contributed by atoms with Gasteiger partial charge in [0.15, 0.2) is 0 Å².